The molecule has 7 heteroatoms. The van der Waals surface area contributed by atoms with Gasteiger partial charge in [0.25, 0.3) is 0 Å². The number of aromatic nitrogens is 2. The molecule has 0 spiro atoms. The molecule has 0 amide bonds. The molecule has 2 saturated heterocycles. The largest absolute Gasteiger partial charge is 0.371 e. The van der Waals surface area contributed by atoms with Crippen molar-refractivity contribution in [1.29, 1.82) is 0 Å². The second-order valence-electron chi connectivity index (χ2n) is 9.47. The first kappa shape index (κ1) is 22.9. The van der Waals surface area contributed by atoms with Crippen LogP contribution in [-0.4, -0.2) is 55.6 Å². The lowest BCUT2D eigenvalue weighted by molar-refractivity contribution is 0.308. The highest BCUT2D eigenvalue weighted by molar-refractivity contribution is 5.48. The van der Waals surface area contributed by atoms with E-state index in [-0.39, 0.29) is 11.9 Å². The summed E-state index contributed by atoms with van der Waals surface area (Å²) in [6.07, 6.45) is 7.15. The van der Waals surface area contributed by atoms with Gasteiger partial charge in [-0.25, -0.2) is 14.4 Å². The molecule has 6 nitrogen and oxygen atoms in total. The monoisotopic (exact) mass is 440 g/mol. The normalized spacial score (nSPS) is 19.4. The molecule has 1 atom stereocenters. The van der Waals surface area contributed by atoms with Crippen LogP contribution in [-0.2, 0) is 13.1 Å². The van der Waals surface area contributed by atoms with Gasteiger partial charge in [0.1, 0.15) is 17.5 Å². The average molecular weight is 441 g/mol. The fourth-order valence-electron chi connectivity index (χ4n) is 4.68. The van der Waals surface area contributed by atoms with Crippen LogP contribution in [0.25, 0.3) is 0 Å². The highest BCUT2D eigenvalue weighted by Gasteiger charge is 2.20. The molecule has 2 aliphatic rings. The topological polar surface area (TPSA) is 47.5 Å². The van der Waals surface area contributed by atoms with Crippen molar-refractivity contribution in [2.75, 3.05) is 50.6 Å². The number of nitrogens with zero attached hydrogens (tertiary/aromatic N) is 5. The van der Waals surface area contributed by atoms with Crippen molar-refractivity contribution in [3.05, 3.63) is 47.2 Å². The van der Waals surface area contributed by atoms with Crippen molar-refractivity contribution in [1.82, 2.24) is 20.2 Å². The van der Waals surface area contributed by atoms with Gasteiger partial charge >= 0.3 is 0 Å². The molecular formula is C25H37FN6. The summed E-state index contributed by atoms with van der Waals surface area (Å²) in [6, 6.07) is 7.97. The van der Waals surface area contributed by atoms with Gasteiger partial charge in [-0.2, -0.15) is 0 Å². The first-order valence-electron chi connectivity index (χ1n) is 12.0. The Bertz CT molecular complexity index is 890. The van der Waals surface area contributed by atoms with Crippen LogP contribution in [0.2, 0.25) is 0 Å². The molecule has 2 aromatic rings. The van der Waals surface area contributed by atoms with Crippen LogP contribution in [0.5, 0.6) is 0 Å². The molecule has 2 fully saturated rings. The highest BCUT2D eigenvalue weighted by Crippen LogP contribution is 2.25. The Balaban J connectivity index is 1.45. The van der Waals surface area contributed by atoms with E-state index < -0.39 is 0 Å². The first-order chi connectivity index (χ1) is 15.5. The fourth-order valence-corrected chi connectivity index (χ4v) is 4.68. The minimum Gasteiger partial charge on any atom is -0.371 e. The summed E-state index contributed by atoms with van der Waals surface area (Å²) in [7, 11) is 6.04. The number of rotatable bonds is 7. The van der Waals surface area contributed by atoms with Gasteiger partial charge < -0.3 is 15.1 Å². The SMILES string of the molecule is CN(Cc1cc(N(C)C)nc([C@H]2CCCCN2)n1)Cc1ccc(N2CCCCC2)cc1F. The number of hydrogen-bond acceptors (Lipinski definition) is 6. The van der Waals surface area contributed by atoms with Crippen LogP contribution in [0.3, 0.4) is 0 Å². The summed E-state index contributed by atoms with van der Waals surface area (Å²) in [5.41, 5.74) is 2.70. The molecule has 0 radical (unpaired) electrons. The maximum atomic E-state index is 14.9. The fraction of sp³-hybridized carbons (Fsp3) is 0.600. The van der Waals surface area contributed by atoms with Gasteiger partial charge in [0.15, 0.2) is 0 Å². The quantitative estimate of drug-likeness (QED) is 0.699. The molecule has 0 aliphatic carbocycles. The van der Waals surface area contributed by atoms with Crippen LogP contribution in [0.15, 0.2) is 24.3 Å². The first-order valence-corrected chi connectivity index (χ1v) is 12.0. The number of nitrogens with one attached hydrogen (secondary N) is 1. The van der Waals surface area contributed by atoms with Crippen molar-refractivity contribution < 1.29 is 4.39 Å². The van der Waals surface area contributed by atoms with Crippen molar-refractivity contribution in [2.24, 2.45) is 0 Å². The minimum atomic E-state index is -0.122. The zero-order valence-electron chi connectivity index (χ0n) is 19.8. The van der Waals surface area contributed by atoms with Crippen LogP contribution in [0.4, 0.5) is 15.9 Å². The highest BCUT2D eigenvalue weighted by atomic mass is 19.1. The van der Waals surface area contributed by atoms with Gasteiger partial charge in [0.2, 0.25) is 0 Å². The Morgan fingerprint density at radius 3 is 2.50 bits per heavy atom. The third kappa shape index (κ3) is 5.75. The molecule has 0 bridgehead atoms. The van der Waals surface area contributed by atoms with Crippen LogP contribution >= 0.6 is 0 Å². The zero-order chi connectivity index (χ0) is 22.5. The van der Waals surface area contributed by atoms with E-state index in [0.29, 0.717) is 13.1 Å². The maximum absolute atomic E-state index is 14.9. The number of benzene rings is 1. The molecule has 1 aromatic carbocycles. The summed E-state index contributed by atoms with van der Waals surface area (Å²) < 4.78 is 14.9. The van der Waals surface area contributed by atoms with Gasteiger partial charge in [-0.05, 0) is 57.8 Å². The molecule has 3 heterocycles. The lowest BCUT2D eigenvalue weighted by atomic mass is 10.0. The average Bonchev–Trinajstić information content (AvgIpc) is 2.81. The van der Waals surface area contributed by atoms with E-state index in [2.05, 4.69) is 21.2 Å². The van der Waals surface area contributed by atoms with E-state index in [1.165, 1.54) is 32.1 Å². The molecular weight excluding hydrogens is 403 g/mol. The third-order valence-electron chi connectivity index (χ3n) is 6.49. The van der Waals surface area contributed by atoms with Crippen molar-refractivity contribution in [3.63, 3.8) is 0 Å². The smallest absolute Gasteiger partial charge is 0.147 e. The molecule has 0 unspecified atom stereocenters. The zero-order valence-corrected chi connectivity index (χ0v) is 19.8. The van der Waals surface area contributed by atoms with E-state index in [1.54, 1.807) is 6.07 Å². The van der Waals surface area contributed by atoms with E-state index in [0.717, 1.165) is 54.6 Å². The van der Waals surface area contributed by atoms with Gasteiger partial charge in [0, 0.05) is 57.6 Å². The Labute approximate surface area is 191 Å². The van der Waals surface area contributed by atoms with Gasteiger partial charge in [-0.3, -0.25) is 4.90 Å². The van der Waals surface area contributed by atoms with E-state index in [4.69, 9.17) is 9.97 Å². The molecule has 174 valence electrons. The Morgan fingerprint density at radius 1 is 1.00 bits per heavy atom. The van der Waals surface area contributed by atoms with Crippen molar-refractivity contribution >= 4 is 11.5 Å². The molecule has 4 rings (SSSR count). The summed E-state index contributed by atoms with van der Waals surface area (Å²) in [6.45, 7) is 4.26. The van der Waals surface area contributed by atoms with E-state index in [9.17, 15) is 4.39 Å². The summed E-state index contributed by atoms with van der Waals surface area (Å²) in [4.78, 5) is 16.1. The Morgan fingerprint density at radius 2 is 1.81 bits per heavy atom. The second-order valence-corrected chi connectivity index (χ2v) is 9.47. The Kier molecular flexibility index (Phi) is 7.58. The minimum absolute atomic E-state index is 0.122. The lowest BCUT2D eigenvalue weighted by Gasteiger charge is -2.29. The molecule has 1 aromatic heterocycles. The lowest BCUT2D eigenvalue weighted by Crippen LogP contribution is -2.30. The number of hydrogen-bond donors (Lipinski definition) is 1. The standard InChI is InChI=1S/C25H37FN6/c1-30(2)24-15-20(28-25(29-24)23-9-5-6-12-27-23)18-31(3)17-19-10-11-21(16-22(19)26)32-13-7-4-8-14-32/h10-11,15-16,23,27H,4-9,12-14,17-18H2,1-3H3/t23-/m1/s1. The maximum Gasteiger partial charge on any atom is 0.147 e. The Hall–Kier alpha value is -2.25. The van der Waals surface area contributed by atoms with Crippen molar-refractivity contribution in [3.8, 4) is 0 Å². The number of anilines is 2. The van der Waals surface area contributed by atoms with E-state index >= 15 is 0 Å². The number of piperidine rings is 2. The molecule has 1 N–H and O–H groups in total. The third-order valence-corrected chi connectivity index (χ3v) is 6.49. The summed E-state index contributed by atoms with van der Waals surface area (Å²) >= 11 is 0. The predicted molar refractivity (Wildman–Crippen MR) is 129 cm³/mol. The molecule has 0 saturated carbocycles. The van der Waals surface area contributed by atoms with Crippen molar-refractivity contribution in [2.45, 2.75) is 57.7 Å². The molecule has 32 heavy (non-hydrogen) atoms. The predicted octanol–water partition coefficient (Wildman–Crippen LogP) is 4.12. The van der Waals surface area contributed by atoms with Gasteiger partial charge in [-0.1, -0.05) is 12.5 Å². The van der Waals surface area contributed by atoms with Gasteiger partial charge in [0.05, 0.1) is 11.7 Å². The summed E-state index contributed by atoms with van der Waals surface area (Å²) in [5.74, 6) is 1.67. The van der Waals surface area contributed by atoms with Crippen LogP contribution < -0.4 is 15.1 Å². The second kappa shape index (κ2) is 10.6. The van der Waals surface area contributed by atoms with Crippen LogP contribution in [0, 0.1) is 5.82 Å². The molecule has 2 aliphatic heterocycles. The van der Waals surface area contributed by atoms with Crippen LogP contribution in [0.1, 0.15) is 61.6 Å². The summed E-state index contributed by atoms with van der Waals surface area (Å²) in [5, 5.41) is 3.55. The van der Waals surface area contributed by atoms with E-state index in [1.807, 2.05) is 38.2 Å². The van der Waals surface area contributed by atoms with Gasteiger partial charge in [-0.15, -0.1) is 0 Å². The number of halogens is 1.